The van der Waals surface area contributed by atoms with E-state index in [1.807, 2.05) is 0 Å². The third-order valence-electron chi connectivity index (χ3n) is 2.76. The van der Waals surface area contributed by atoms with E-state index in [4.69, 9.17) is 11.6 Å². The summed E-state index contributed by atoms with van der Waals surface area (Å²) in [6.07, 6.45) is 0. The van der Waals surface area contributed by atoms with Crippen molar-refractivity contribution in [2.75, 3.05) is 11.4 Å². The minimum atomic E-state index is -0.906. The molecule has 1 N–H and O–H groups in total. The van der Waals surface area contributed by atoms with Gasteiger partial charge in [-0.1, -0.05) is 17.7 Å². The van der Waals surface area contributed by atoms with Gasteiger partial charge in [0.1, 0.15) is 12.1 Å². The average Bonchev–Trinajstić information content (AvgIpc) is 2.27. The monoisotopic (exact) mass is 330 g/mol. The second-order valence-electron chi connectivity index (χ2n) is 4.64. The fourth-order valence-corrected chi connectivity index (χ4v) is 2.54. The van der Waals surface area contributed by atoms with Crippen molar-refractivity contribution < 1.29 is 9.59 Å². The van der Waals surface area contributed by atoms with Crippen LogP contribution in [0.15, 0.2) is 22.7 Å². The van der Waals surface area contributed by atoms with Crippen LogP contribution in [-0.4, -0.2) is 23.9 Å². The fraction of sp³-hybridized carbons (Fsp3) is 0.333. The summed E-state index contributed by atoms with van der Waals surface area (Å²) in [4.78, 5) is 25.4. The van der Waals surface area contributed by atoms with Crippen molar-refractivity contribution in [3.8, 4) is 0 Å². The summed E-state index contributed by atoms with van der Waals surface area (Å²) in [7, 11) is 0. The van der Waals surface area contributed by atoms with Crippen LogP contribution >= 0.6 is 27.5 Å². The molecule has 2 rings (SSSR count). The highest BCUT2D eigenvalue weighted by atomic mass is 79.9. The number of hydrogen-bond acceptors (Lipinski definition) is 2. The van der Waals surface area contributed by atoms with E-state index in [0.29, 0.717) is 15.2 Å². The van der Waals surface area contributed by atoms with Crippen LogP contribution in [0.5, 0.6) is 0 Å². The second-order valence-corrected chi connectivity index (χ2v) is 5.84. The van der Waals surface area contributed by atoms with Gasteiger partial charge in [-0.15, -0.1) is 0 Å². The first kappa shape index (κ1) is 13.4. The molecular formula is C12H12BrClN2O2. The number of amides is 2. The van der Waals surface area contributed by atoms with Crippen molar-refractivity contribution in [2.24, 2.45) is 0 Å². The summed E-state index contributed by atoms with van der Waals surface area (Å²) in [6.45, 7) is 3.36. The molecule has 0 radical (unpaired) electrons. The van der Waals surface area contributed by atoms with Crippen LogP contribution in [0.1, 0.15) is 13.8 Å². The molecule has 0 aromatic heterocycles. The van der Waals surface area contributed by atoms with E-state index in [0.717, 1.165) is 0 Å². The molecular weight excluding hydrogens is 320 g/mol. The predicted octanol–water partition coefficient (Wildman–Crippen LogP) is 2.34. The number of anilines is 1. The molecule has 0 saturated carbocycles. The van der Waals surface area contributed by atoms with Gasteiger partial charge in [0.15, 0.2) is 0 Å². The quantitative estimate of drug-likeness (QED) is 0.859. The number of hydrogen-bond donors (Lipinski definition) is 1. The molecule has 0 atom stereocenters. The van der Waals surface area contributed by atoms with Gasteiger partial charge in [0.2, 0.25) is 5.91 Å². The van der Waals surface area contributed by atoms with Crippen LogP contribution in [-0.2, 0) is 9.59 Å². The highest BCUT2D eigenvalue weighted by Gasteiger charge is 2.40. The topological polar surface area (TPSA) is 49.4 Å². The normalized spacial score (nSPS) is 18.8. The summed E-state index contributed by atoms with van der Waals surface area (Å²) >= 11 is 9.35. The van der Waals surface area contributed by atoms with Crippen LogP contribution in [0, 0.1) is 0 Å². The van der Waals surface area contributed by atoms with Gasteiger partial charge in [0.05, 0.1) is 15.2 Å². The van der Waals surface area contributed by atoms with Crippen molar-refractivity contribution in [3.63, 3.8) is 0 Å². The van der Waals surface area contributed by atoms with Crippen molar-refractivity contribution in [1.82, 2.24) is 5.32 Å². The molecule has 1 aliphatic rings. The fourth-order valence-electron chi connectivity index (χ4n) is 1.89. The van der Waals surface area contributed by atoms with Gasteiger partial charge >= 0.3 is 0 Å². The number of carbonyl (C=O) groups excluding carboxylic acids is 2. The van der Waals surface area contributed by atoms with Crippen molar-refractivity contribution >= 4 is 45.0 Å². The molecule has 0 aliphatic carbocycles. The van der Waals surface area contributed by atoms with E-state index >= 15 is 0 Å². The van der Waals surface area contributed by atoms with Gasteiger partial charge in [0.25, 0.3) is 5.91 Å². The highest BCUT2D eigenvalue weighted by Crippen LogP contribution is 2.34. The third kappa shape index (κ3) is 2.24. The zero-order valence-corrected chi connectivity index (χ0v) is 12.3. The second kappa shape index (κ2) is 4.55. The first-order chi connectivity index (χ1) is 8.33. The summed E-state index contributed by atoms with van der Waals surface area (Å²) in [5.74, 6) is -0.350. The summed E-state index contributed by atoms with van der Waals surface area (Å²) in [5.41, 5.74) is -0.299. The maximum Gasteiger partial charge on any atom is 0.252 e. The molecule has 96 valence electrons. The highest BCUT2D eigenvalue weighted by molar-refractivity contribution is 9.10. The molecule has 0 spiro atoms. The maximum atomic E-state index is 12.3. The van der Waals surface area contributed by atoms with Gasteiger partial charge < -0.3 is 5.32 Å². The average molecular weight is 332 g/mol. The van der Waals surface area contributed by atoms with E-state index in [9.17, 15) is 9.59 Å². The number of carbonyl (C=O) groups is 2. The molecule has 2 amide bonds. The van der Waals surface area contributed by atoms with Crippen molar-refractivity contribution in [3.05, 3.63) is 27.7 Å². The maximum absolute atomic E-state index is 12.3. The standard InChI is InChI=1S/C12H12BrClN2O2/c1-12(2)11(18)16(6-9(17)15-12)8-5-3-4-7(14)10(8)13/h3-5H,6H2,1-2H3,(H,15,17). The lowest BCUT2D eigenvalue weighted by atomic mass is 10.00. The molecule has 4 nitrogen and oxygen atoms in total. The number of rotatable bonds is 1. The zero-order valence-electron chi connectivity index (χ0n) is 9.96. The summed E-state index contributed by atoms with van der Waals surface area (Å²) in [6, 6.07) is 5.21. The van der Waals surface area contributed by atoms with Crippen molar-refractivity contribution in [2.45, 2.75) is 19.4 Å². The summed E-state index contributed by atoms with van der Waals surface area (Å²) in [5, 5.41) is 3.16. The molecule has 0 bridgehead atoms. The van der Waals surface area contributed by atoms with Gasteiger partial charge in [-0.3, -0.25) is 14.5 Å². The Bertz CT molecular complexity index is 531. The first-order valence-corrected chi connectivity index (χ1v) is 6.57. The lowest BCUT2D eigenvalue weighted by Gasteiger charge is -2.37. The zero-order chi connectivity index (χ0) is 13.5. The minimum absolute atomic E-state index is 0.00120. The van der Waals surface area contributed by atoms with Gasteiger partial charge in [-0.2, -0.15) is 0 Å². The molecule has 18 heavy (non-hydrogen) atoms. The van der Waals surface area contributed by atoms with E-state index in [-0.39, 0.29) is 18.4 Å². The predicted molar refractivity (Wildman–Crippen MR) is 73.7 cm³/mol. The largest absolute Gasteiger partial charge is 0.341 e. The molecule has 0 unspecified atom stereocenters. The Morgan fingerprint density at radius 3 is 2.72 bits per heavy atom. The van der Waals surface area contributed by atoms with Crippen LogP contribution < -0.4 is 10.2 Å². The molecule has 1 fully saturated rings. The van der Waals surface area contributed by atoms with Crippen LogP contribution in [0.3, 0.4) is 0 Å². The van der Waals surface area contributed by atoms with Crippen LogP contribution in [0.25, 0.3) is 0 Å². The Morgan fingerprint density at radius 2 is 2.06 bits per heavy atom. The van der Waals surface area contributed by atoms with Gasteiger partial charge in [-0.25, -0.2) is 0 Å². The SMILES string of the molecule is CC1(C)NC(=O)CN(c2cccc(Cl)c2Br)C1=O. The number of piperazine rings is 1. The van der Waals surface area contributed by atoms with E-state index in [2.05, 4.69) is 21.2 Å². The van der Waals surface area contributed by atoms with E-state index in [1.165, 1.54) is 4.90 Å². The lowest BCUT2D eigenvalue weighted by molar-refractivity contribution is -0.134. The van der Waals surface area contributed by atoms with E-state index < -0.39 is 5.54 Å². The van der Waals surface area contributed by atoms with Crippen LogP contribution in [0.4, 0.5) is 5.69 Å². The van der Waals surface area contributed by atoms with Crippen LogP contribution in [0.2, 0.25) is 5.02 Å². The summed E-state index contributed by atoms with van der Waals surface area (Å²) < 4.78 is 0.616. The van der Waals surface area contributed by atoms with Crippen molar-refractivity contribution in [1.29, 1.82) is 0 Å². The Labute approximate surface area is 118 Å². The third-order valence-corrected chi connectivity index (χ3v) is 4.13. The number of nitrogens with zero attached hydrogens (tertiary/aromatic N) is 1. The molecule has 1 aromatic rings. The lowest BCUT2D eigenvalue weighted by Crippen LogP contribution is -2.64. The Kier molecular flexibility index (Phi) is 3.38. The first-order valence-electron chi connectivity index (χ1n) is 5.40. The molecule has 1 saturated heterocycles. The van der Waals surface area contributed by atoms with Gasteiger partial charge in [-0.05, 0) is 41.9 Å². The smallest absolute Gasteiger partial charge is 0.252 e. The Hall–Kier alpha value is -1.07. The molecule has 1 heterocycles. The molecule has 1 aliphatic heterocycles. The number of benzene rings is 1. The molecule has 1 aromatic carbocycles. The molecule has 6 heteroatoms. The van der Waals surface area contributed by atoms with Gasteiger partial charge in [0, 0.05) is 0 Å². The number of halogens is 2. The Morgan fingerprint density at radius 1 is 1.39 bits per heavy atom. The Balaban J connectivity index is 2.46. The minimum Gasteiger partial charge on any atom is -0.341 e. The number of nitrogens with one attached hydrogen (secondary N) is 1. The van der Waals surface area contributed by atoms with E-state index in [1.54, 1.807) is 32.0 Å².